The van der Waals surface area contributed by atoms with Gasteiger partial charge in [0.05, 0.1) is 12.0 Å². The second-order valence-corrected chi connectivity index (χ2v) is 6.51. The molecule has 0 aliphatic rings. The van der Waals surface area contributed by atoms with Crippen LogP contribution in [-0.4, -0.2) is 34.3 Å². The van der Waals surface area contributed by atoms with Crippen LogP contribution in [0.2, 0.25) is 0 Å². The van der Waals surface area contributed by atoms with Crippen molar-refractivity contribution in [2.75, 3.05) is 13.7 Å². The number of aromatic nitrogens is 2. The van der Waals surface area contributed by atoms with Crippen LogP contribution in [0.1, 0.15) is 21.7 Å². The van der Waals surface area contributed by atoms with Gasteiger partial charge in [-0.15, -0.1) is 0 Å². The van der Waals surface area contributed by atoms with E-state index in [1.807, 2.05) is 24.3 Å². The number of hydrogen-bond acceptors (Lipinski definition) is 6. The summed E-state index contributed by atoms with van der Waals surface area (Å²) in [5.74, 6) is 0.100. The van der Waals surface area contributed by atoms with E-state index in [1.165, 1.54) is 28.9 Å². The number of hydrogen-bond donors (Lipinski definition) is 1. The molecule has 3 aromatic rings. The molecule has 1 amide bonds. The summed E-state index contributed by atoms with van der Waals surface area (Å²) in [5.41, 5.74) is 0.488. The first kappa shape index (κ1) is 20.7. The van der Waals surface area contributed by atoms with E-state index in [1.54, 1.807) is 20.1 Å². The topological polar surface area (TPSA) is 116 Å². The second-order valence-electron chi connectivity index (χ2n) is 6.51. The molecule has 0 aliphatic carbocycles. The Bertz CT molecular complexity index is 1140. The summed E-state index contributed by atoms with van der Waals surface area (Å²) in [5, 5.41) is 18.1. The Kier molecular flexibility index (Phi) is 6.21. The van der Waals surface area contributed by atoms with Crippen LogP contribution in [0.5, 0.6) is 5.75 Å². The largest absolute Gasteiger partial charge is 0.497 e. The molecule has 9 nitrogen and oxygen atoms in total. The van der Waals surface area contributed by atoms with Gasteiger partial charge in [0.15, 0.2) is 5.69 Å². The third-order valence-corrected chi connectivity index (χ3v) is 4.49. The monoisotopic (exact) mass is 408 g/mol. The maximum absolute atomic E-state index is 12.5. The van der Waals surface area contributed by atoms with E-state index in [9.17, 15) is 19.7 Å². The van der Waals surface area contributed by atoms with E-state index in [0.29, 0.717) is 18.7 Å². The molecular formula is C21H20N4O5. The summed E-state index contributed by atoms with van der Waals surface area (Å²) >= 11 is 0. The van der Waals surface area contributed by atoms with E-state index in [4.69, 9.17) is 4.74 Å². The fraction of sp³-hybridized carbons (Fsp3) is 0.190. The Morgan fingerprint density at radius 2 is 1.90 bits per heavy atom. The number of nitrogens with one attached hydrogen (secondary N) is 1. The molecular weight excluding hydrogens is 388 g/mol. The van der Waals surface area contributed by atoms with Crippen molar-refractivity contribution in [2.24, 2.45) is 0 Å². The first-order valence-corrected chi connectivity index (χ1v) is 9.16. The van der Waals surface area contributed by atoms with Crippen molar-refractivity contribution in [3.05, 3.63) is 91.9 Å². The van der Waals surface area contributed by atoms with E-state index < -0.39 is 16.3 Å². The average molecular weight is 408 g/mol. The van der Waals surface area contributed by atoms with Crippen LogP contribution in [0, 0.1) is 17.0 Å². The van der Waals surface area contributed by atoms with Crippen LogP contribution in [0.15, 0.2) is 59.4 Å². The van der Waals surface area contributed by atoms with Gasteiger partial charge in [-0.05, 0) is 37.1 Å². The van der Waals surface area contributed by atoms with Crippen molar-refractivity contribution in [1.82, 2.24) is 15.1 Å². The van der Waals surface area contributed by atoms with Crippen LogP contribution >= 0.6 is 0 Å². The highest BCUT2D eigenvalue weighted by molar-refractivity contribution is 5.92. The fourth-order valence-electron chi connectivity index (χ4n) is 2.94. The molecule has 2 aromatic carbocycles. The molecule has 30 heavy (non-hydrogen) atoms. The molecule has 0 saturated heterocycles. The number of nitro groups is 1. The number of aryl methyl sites for hydroxylation is 1. The average Bonchev–Trinajstić information content (AvgIpc) is 2.74. The molecule has 1 N–H and O–H groups in total. The number of para-hydroxylation sites is 2. The molecule has 0 saturated carbocycles. The minimum Gasteiger partial charge on any atom is -0.497 e. The summed E-state index contributed by atoms with van der Waals surface area (Å²) in [7, 11) is 1.58. The van der Waals surface area contributed by atoms with Crippen LogP contribution in [-0.2, 0) is 6.42 Å². The molecule has 0 spiro atoms. The molecule has 1 aromatic heterocycles. The quantitative estimate of drug-likeness (QED) is 0.474. The molecule has 1 heterocycles. The Labute approximate surface area is 172 Å². The third-order valence-electron chi connectivity index (χ3n) is 4.49. The van der Waals surface area contributed by atoms with Gasteiger partial charge in [-0.3, -0.25) is 19.7 Å². The predicted octanol–water partition coefficient (Wildman–Crippen LogP) is 2.43. The van der Waals surface area contributed by atoms with Crippen LogP contribution in [0.3, 0.4) is 0 Å². The van der Waals surface area contributed by atoms with E-state index in [-0.39, 0.29) is 17.1 Å². The van der Waals surface area contributed by atoms with Crippen LogP contribution in [0.4, 0.5) is 5.69 Å². The van der Waals surface area contributed by atoms with Crippen LogP contribution < -0.4 is 15.5 Å². The number of ether oxygens (including phenoxy) is 1. The molecule has 0 unspecified atom stereocenters. The third kappa shape index (κ3) is 4.52. The Hall–Kier alpha value is -4.01. The molecule has 0 fully saturated rings. The van der Waals surface area contributed by atoms with Crippen molar-refractivity contribution in [3.63, 3.8) is 0 Å². The van der Waals surface area contributed by atoms with Crippen molar-refractivity contribution in [3.8, 4) is 11.4 Å². The van der Waals surface area contributed by atoms with Crippen LogP contribution in [0.25, 0.3) is 5.69 Å². The van der Waals surface area contributed by atoms with E-state index in [2.05, 4.69) is 10.4 Å². The molecule has 3 rings (SSSR count). The van der Waals surface area contributed by atoms with Gasteiger partial charge >= 0.3 is 0 Å². The lowest BCUT2D eigenvalue weighted by Crippen LogP contribution is -2.33. The standard InChI is InChI=1S/C21H20N4O5/c1-14-13-19(26)20(23-24(14)17-5-3-4-6-18(17)25(28)29)21(27)22-12-11-15-7-9-16(30-2)10-8-15/h3-10,13H,11-12H2,1-2H3,(H,22,27). The molecule has 0 atom stereocenters. The molecule has 9 heteroatoms. The highest BCUT2D eigenvalue weighted by atomic mass is 16.6. The number of nitrogens with zero attached hydrogens (tertiary/aromatic N) is 3. The van der Waals surface area contributed by atoms with Crippen molar-refractivity contribution >= 4 is 11.6 Å². The summed E-state index contributed by atoms with van der Waals surface area (Å²) in [4.78, 5) is 35.6. The lowest BCUT2D eigenvalue weighted by atomic mass is 10.1. The van der Waals surface area contributed by atoms with Crippen molar-refractivity contribution in [1.29, 1.82) is 0 Å². The summed E-state index contributed by atoms with van der Waals surface area (Å²) in [6.45, 7) is 1.89. The van der Waals surface area contributed by atoms with Gasteiger partial charge in [-0.25, -0.2) is 4.68 Å². The number of carbonyl (C=O) groups excluding carboxylic acids is 1. The smallest absolute Gasteiger partial charge is 0.294 e. The number of rotatable bonds is 7. The highest BCUT2D eigenvalue weighted by Crippen LogP contribution is 2.22. The summed E-state index contributed by atoms with van der Waals surface area (Å²) < 4.78 is 6.34. The lowest BCUT2D eigenvalue weighted by Gasteiger charge is -2.11. The minimum atomic E-state index is -0.638. The zero-order chi connectivity index (χ0) is 21.7. The normalized spacial score (nSPS) is 10.5. The highest BCUT2D eigenvalue weighted by Gasteiger charge is 2.19. The van der Waals surface area contributed by atoms with E-state index >= 15 is 0 Å². The zero-order valence-electron chi connectivity index (χ0n) is 16.5. The number of nitro benzene ring substituents is 1. The Balaban J connectivity index is 1.80. The van der Waals surface area contributed by atoms with Gasteiger partial charge in [-0.1, -0.05) is 24.3 Å². The second kappa shape index (κ2) is 8.99. The first-order chi connectivity index (χ1) is 14.4. The van der Waals surface area contributed by atoms with Gasteiger partial charge in [-0.2, -0.15) is 5.10 Å². The predicted molar refractivity (Wildman–Crippen MR) is 110 cm³/mol. The van der Waals surface area contributed by atoms with Gasteiger partial charge in [0.2, 0.25) is 5.43 Å². The first-order valence-electron chi connectivity index (χ1n) is 9.16. The number of carbonyl (C=O) groups is 1. The maximum Gasteiger partial charge on any atom is 0.294 e. The van der Waals surface area contributed by atoms with Gasteiger partial charge in [0.1, 0.15) is 11.4 Å². The molecule has 0 bridgehead atoms. The maximum atomic E-state index is 12.5. The number of benzene rings is 2. The summed E-state index contributed by atoms with van der Waals surface area (Å²) in [6.07, 6.45) is 0.555. The lowest BCUT2D eigenvalue weighted by molar-refractivity contribution is -0.384. The summed E-state index contributed by atoms with van der Waals surface area (Å²) in [6, 6.07) is 14.7. The van der Waals surface area contributed by atoms with Gasteiger partial charge in [0.25, 0.3) is 11.6 Å². The Morgan fingerprint density at radius 3 is 2.57 bits per heavy atom. The molecule has 154 valence electrons. The van der Waals surface area contributed by atoms with Crippen molar-refractivity contribution < 1.29 is 14.5 Å². The fourth-order valence-corrected chi connectivity index (χ4v) is 2.94. The Morgan fingerprint density at radius 1 is 1.20 bits per heavy atom. The zero-order valence-corrected chi connectivity index (χ0v) is 16.5. The SMILES string of the molecule is COc1ccc(CCNC(=O)c2nn(-c3ccccc3[N+](=O)[O-])c(C)cc2=O)cc1. The number of methoxy groups -OCH3 is 1. The van der Waals surface area contributed by atoms with E-state index in [0.717, 1.165) is 11.3 Å². The number of amides is 1. The van der Waals surface area contributed by atoms with Gasteiger partial charge < -0.3 is 10.1 Å². The molecule has 0 aliphatic heterocycles. The van der Waals surface area contributed by atoms with Crippen molar-refractivity contribution in [2.45, 2.75) is 13.3 Å². The minimum absolute atomic E-state index is 0.173. The molecule has 0 radical (unpaired) electrons. The van der Waals surface area contributed by atoms with Gasteiger partial charge in [0, 0.05) is 24.4 Å².